The number of benzene rings is 2. The van der Waals surface area contributed by atoms with Crippen LogP contribution in [0.15, 0.2) is 48.5 Å². The summed E-state index contributed by atoms with van der Waals surface area (Å²) in [5, 5.41) is 3.01. The van der Waals surface area contributed by atoms with Gasteiger partial charge in [0.1, 0.15) is 5.75 Å². The number of hydrogen-bond acceptors (Lipinski definition) is 3. The van der Waals surface area contributed by atoms with Crippen molar-refractivity contribution in [2.24, 2.45) is 0 Å². The molecule has 2 aromatic rings. The van der Waals surface area contributed by atoms with E-state index in [-0.39, 0.29) is 12.0 Å². The van der Waals surface area contributed by atoms with Crippen LogP contribution in [0.3, 0.4) is 0 Å². The van der Waals surface area contributed by atoms with Gasteiger partial charge in [0.25, 0.3) is 0 Å². The number of ether oxygens (including phenoxy) is 1. The number of rotatable bonds is 9. The second-order valence-electron chi connectivity index (χ2n) is 7.79. The van der Waals surface area contributed by atoms with E-state index >= 15 is 0 Å². The van der Waals surface area contributed by atoms with Gasteiger partial charge in [-0.3, -0.25) is 4.79 Å². The molecule has 1 N–H and O–H groups in total. The van der Waals surface area contributed by atoms with Gasteiger partial charge in [-0.05, 0) is 82.9 Å². The second-order valence-corrected chi connectivity index (χ2v) is 7.79. The molecule has 1 fully saturated rings. The molecule has 0 bridgehead atoms. The number of nitrogens with one attached hydrogen (secondary N) is 1. The maximum atomic E-state index is 12.2. The number of unbranched alkanes of at least 4 members (excludes halogenated alkanes) is 1. The van der Waals surface area contributed by atoms with E-state index in [1.54, 1.807) is 0 Å². The fourth-order valence-corrected chi connectivity index (χ4v) is 3.65. The molecular weight excluding hydrogens is 348 g/mol. The molecule has 3 rings (SSSR count). The largest absolute Gasteiger partial charge is 0.490 e. The minimum absolute atomic E-state index is 0.0951. The van der Waals surface area contributed by atoms with Crippen molar-refractivity contribution in [3.63, 3.8) is 0 Å². The maximum absolute atomic E-state index is 12.2. The van der Waals surface area contributed by atoms with E-state index in [0.717, 1.165) is 42.0 Å². The van der Waals surface area contributed by atoms with Gasteiger partial charge in [-0.1, -0.05) is 30.3 Å². The fraction of sp³-hybridized carbons (Fsp3) is 0.458. The first-order valence-electron chi connectivity index (χ1n) is 10.5. The quantitative estimate of drug-likeness (QED) is 0.597. The fourth-order valence-electron chi connectivity index (χ4n) is 3.65. The highest BCUT2D eigenvalue weighted by molar-refractivity contribution is 5.91. The van der Waals surface area contributed by atoms with Crippen LogP contribution in [0.1, 0.15) is 46.0 Å². The molecule has 0 saturated carbocycles. The van der Waals surface area contributed by atoms with Crippen LogP contribution in [0.5, 0.6) is 5.75 Å². The Morgan fingerprint density at radius 3 is 2.46 bits per heavy atom. The van der Waals surface area contributed by atoms with E-state index in [9.17, 15) is 4.79 Å². The van der Waals surface area contributed by atoms with Crippen molar-refractivity contribution >= 4 is 11.6 Å². The van der Waals surface area contributed by atoms with Crippen molar-refractivity contribution < 1.29 is 9.53 Å². The van der Waals surface area contributed by atoms with E-state index in [2.05, 4.69) is 16.3 Å². The highest BCUT2D eigenvalue weighted by Gasteiger charge is 2.11. The van der Waals surface area contributed by atoms with Gasteiger partial charge in [-0.25, -0.2) is 0 Å². The summed E-state index contributed by atoms with van der Waals surface area (Å²) >= 11 is 0. The number of carbonyl (C=O) groups excluding carboxylic acids is 1. The van der Waals surface area contributed by atoms with Crippen LogP contribution in [0.25, 0.3) is 11.1 Å². The zero-order valence-electron chi connectivity index (χ0n) is 17.1. The molecule has 1 heterocycles. The first kappa shape index (κ1) is 20.4. The van der Waals surface area contributed by atoms with Gasteiger partial charge < -0.3 is 15.0 Å². The van der Waals surface area contributed by atoms with Gasteiger partial charge in [0, 0.05) is 17.7 Å². The highest BCUT2D eigenvalue weighted by atomic mass is 16.5. The van der Waals surface area contributed by atoms with Gasteiger partial charge in [0.15, 0.2) is 0 Å². The minimum Gasteiger partial charge on any atom is -0.490 e. The summed E-state index contributed by atoms with van der Waals surface area (Å²) in [6.45, 7) is 7.63. The molecule has 1 saturated heterocycles. The molecule has 0 atom stereocenters. The van der Waals surface area contributed by atoms with Gasteiger partial charge in [-0.15, -0.1) is 0 Å². The number of nitrogens with zero attached hydrogens (tertiary/aromatic N) is 1. The molecule has 1 aliphatic heterocycles. The lowest BCUT2D eigenvalue weighted by molar-refractivity contribution is -0.116. The lowest BCUT2D eigenvalue weighted by Gasteiger charge is -2.15. The van der Waals surface area contributed by atoms with Crippen LogP contribution in [0, 0.1) is 0 Å². The molecular formula is C24H32N2O2. The third-order valence-electron chi connectivity index (χ3n) is 5.06. The van der Waals surface area contributed by atoms with Gasteiger partial charge in [0.05, 0.1) is 6.10 Å². The lowest BCUT2D eigenvalue weighted by Crippen LogP contribution is -2.20. The minimum atomic E-state index is 0.0951. The van der Waals surface area contributed by atoms with Crippen LogP contribution < -0.4 is 10.1 Å². The topological polar surface area (TPSA) is 41.6 Å². The number of anilines is 1. The Morgan fingerprint density at radius 1 is 1.04 bits per heavy atom. The summed E-state index contributed by atoms with van der Waals surface area (Å²) in [7, 11) is 0. The number of carbonyl (C=O) groups is 1. The first-order valence-corrected chi connectivity index (χ1v) is 10.5. The Hall–Kier alpha value is -2.33. The third-order valence-corrected chi connectivity index (χ3v) is 5.06. The molecule has 4 heteroatoms. The van der Waals surface area contributed by atoms with Crippen molar-refractivity contribution in [2.45, 2.75) is 52.1 Å². The zero-order valence-corrected chi connectivity index (χ0v) is 17.1. The number of para-hydroxylation sites is 1. The second kappa shape index (κ2) is 10.3. The predicted molar refractivity (Wildman–Crippen MR) is 116 cm³/mol. The molecule has 0 aromatic heterocycles. The third kappa shape index (κ3) is 6.10. The molecule has 1 amide bonds. The van der Waals surface area contributed by atoms with Crippen molar-refractivity contribution in [3.8, 4) is 16.9 Å². The first-order chi connectivity index (χ1) is 13.6. The van der Waals surface area contributed by atoms with Gasteiger partial charge in [-0.2, -0.15) is 0 Å². The Balaban J connectivity index is 1.49. The van der Waals surface area contributed by atoms with Crippen LogP contribution >= 0.6 is 0 Å². The molecule has 0 aliphatic carbocycles. The zero-order chi connectivity index (χ0) is 19.8. The van der Waals surface area contributed by atoms with Crippen molar-refractivity contribution in [1.29, 1.82) is 0 Å². The average molecular weight is 381 g/mol. The Bertz CT molecular complexity index is 749. The lowest BCUT2D eigenvalue weighted by atomic mass is 10.0. The number of hydrogen-bond donors (Lipinski definition) is 1. The van der Waals surface area contributed by atoms with Crippen molar-refractivity contribution in [3.05, 3.63) is 48.5 Å². The summed E-state index contributed by atoms with van der Waals surface area (Å²) in [5.41, 5.74) is 2.99. The number of amides is 1. The Morgan fingerprint density at radius 2 is 1.75 bits per heavy atom. The van der Waals surface area contributed by atoms with E-state index in [1.807, 2.05) is 56.3 Å². The molecule has 150 valence electrons. The molecule has 28 heavy (non-hydrogen) atoms. The maximum Gasteiger partial charge on any atom is 0.224 e. The normalized spacial score (nSPS) is 14.4. The predicted octanol–water partition coefficient (Wildman–Crippen LogP) is 5.35. The molecule has 4 nitrogen and oxygen atoms in total. The van der Waals surface area contributed by atoms with Crippen molar-refractivity contribution in [1.82, 2.24) is 4.90 Å². The highest BCUT2D eigenvalue weighted by Crippen LogP contribution is 2.31. The van der Waals surface area contributed by atoms with Gasteiger partial charge >= 0.3 is 0 Å². The Kier molecular flexibility index (Phi) is 7.49. The van der Waals surface area contributed by atoms with Crippen molar-refractivity contribution in [2.75, 3.05) is 25.0 Å². The summed E-state index contributed by atoms with van der Waals surface area (Å²) < 4.78 is 5.91. The Labute approximate surface area is 168 Å². The monoisotopic (exact) mass is 380 g/mol. The van der Waals surface area contributed by atoms with Crippen LogP contribution in [-0.4, -0.2) is 36.5 Å². The standard InChI is InChI=1S/C24H32N2O2/c1-19(2)28-23-10-4-3-9-22(23)20-12-14-21(15-13-20)25-24(27)11-5-6-16-26-17-7-8-18-26/h3-4,9-10,12-15,19H,5-8,11,16-18H2,1-2H3,(H,25,27). The van der Waals surface area contributed by atoms with Crippen LogP contribution in [0.4, 0.5) is 5.69 Å². The molecule has 0 spiro atoms. The number of likely N-dealkylation sites (tertiary alicyclic amines) is 1. The van der Waals surface area contributed by atoms with Crippen LogP contribution in [0.2, 0.25) is 0 Å². The molecule has 0 radical (unpaired) electrons. The summed E-state index contributed by atoms with van der Waals surface area (Å²) in [5.74, 6) is 0.977. The summed E-state index contributed by atoms with van der Waals surface area (Å²) in [6.07, 6.45) is 5.40. The summed E-state index contributed by atoms with van der Waals surface area (Å²) in [6, 6.07) is 16.0. The molecule has 1 aliphatic rings. The van der Waals surface area contributed by atoms with E-state index in [4.69, 9.17) is 4.74 Å². The smallest absolute Gasteiger partial charge is 0.224 e. The van der Waals surface area contributed by atoms with E-state index < -0.39 is 0 Å². The van der Waals surface area contributed by atoms with Crippen LogP contribution in [-0.2, 0) is 4.79 Å². The molecule has 0 unspecified atom stereocenters. The van der Waals surface area contributed by atoms with E-state index in [0.29, 0.717) is 6.42 Å². The summed E-state index contributed by atoms with van der Waals surface area (Å²) in [4.78, 5) is 14.7. The van der Waals surface area contributed by atoms with Gasteiger partial charge in [0.2, 0.25) is 5.91 Å². The van der Waals surface area contributed by atoms with E-state index in [1.165, 1.54) is 25.9 Å². The SMILES string of the molecule is CC(C)Oc1ccccc1-c1ccc(NC(=O)CCCCN2CCCC2)cc1. The molecule has 2 aromatic carbocycles. The average Bonchev–Trinajstić information content (AvgIpc) is 3.20.